The Balaban J connectivity index is 1.72. The zero-order valence-electron chi connectivity index (χ0n) is 12.4. The van der Waals surface area contributed by atoms with Crippen molar-refractivity contribution in [1.29, 1.82) is 0 Å². The Labute approximate surface area is 125 Å². The number of aromatic nitrogens is 2. The maximum Gasteiger partial charge on any atom is 0.150 e. The molecule has 2 heterocycles. The average molecular weight is 286 g/mol. The number of rotatable bonds is 4. The van der Waals surface area contributed by atoms with E-state index in [-0.39, 0.29) is 0 Å². The second kappa shape index (κ2) is 6.18. The van der Waals surface area contributed by atoms with E-state index in [0.717, 1.165) is 48.8 Å². The number of anilines is 1. The van der Waals surface area contributed by atoms with Crippen molar-refractivity contribution in [1.82, 2.24) is 10.2 Å². The number of nitrogens with zero attached hydrogens (tertiary/aromatic N) is 2. The van der Waals surface area contributed by atoms with Gasteiger partial charge in [0.2, 0.25) is 0 Å². The van der Waals surface area contributed by atoms with Crippen molar-refractivity contribution in [3.05, 3.63) is 30.3 Å². The summed E-state index contributed by atoms with van der Waals surface area (Å²) in [7, 11) is 0. The van der Waals surface area contributed by atoms with Crippen molar-refractivity contribution < 1.29 is 4.74 Å². The molecule has 0 spiro atoms. The van der Waals surface area contributed by atoms with Crippen LogP contribution in [-0.2, 0) is 0 Å². The molecule has 1 aromatic carbocycles. The van der Waals surface area contributed by atoms with Crippen LogP contribution >= 0.6 is 0 Å². The number of hydrogen-bond donors (Lipinski definition) is 2. The third kappa shape index (κ3) is 3.19. The number of aromatic amines is 1. The molecule has 0 aliphatic carbocycles. The van der Waals surface area contributed by atoms with Crippen LogP contribution in [0.15, 0.2) is 30.3 Å². The lowest BCUT2D eigenvalue weighted by atomic mass is 10.1. The number of hydrogen-bond acceptors (Lipinski definition) is 4. The Bertz CT molecular complexity index is 570. The van der Waals surface area contributed by atoms with Gasteiger partial charge in [-0.25, -0.2) is 0 Å². The van der Waals surface area contributed by atoms with Crippen LogP contribution in [0.5, 0.6) is 5.75 Å². The smallest absolute Gasteiger partial charge is 0.150 e. The quantitative estimate of drug-likeness (QED) is 0.905. The van der Waals surface area contributed by atoms with E-state index in [4.69, 9.17) is 10.5 Å². The summed E-state index contributed by atoms with van der Waals surface area (Å²) in [5.74, 6) is 1.90. The van der Waals surface area contributed by atoms with Crippen LogP contribution in [0.2, 0.25) is 0 Å². The first-order valence-electron chi connectivity index (χ1n) is 7.55. The zero-order valence-corrected chi connectivity index (χ0v) is 12.4. The Morgan fingerprint density at radius 2 is 2.00 bits per heavy atom. The molecule has 0 atom stereocenters. The fourth-order valence-electron chi connectivity index (χ4n) is 2.65. The van der Waals surface area contributed by atoms with Crippen LogP contribution in [0.4, 0.5) is 5.82 Å². The number of ether oxygens (including phenoxy) is 1. The molecule has 2 aromatic rings. The average Bonchev–Trinajstić information content (AvgIpc) is 2.99. The van der Waals surface area contributed by atoms with Crippen LogP contribution < -0.4 is 15.4 Å². The van der Waals surface area contributed by atoms with E-state index in [9.17, 15) is 0 Å². The number of nitrogens with two attached hydrogens (primary N) is 1. The van der Waals surface area contributed by atoms with E-state index < -0.39 is 0 Å². The molecule has 1 fully saturated rings. The number of H-pyrrole nitrogens is 1. The van der Waals surface area contributed by atoms with Crippen molar-refractivity contribution in [2.75, 3.05) is 24.6 Å². The molecule has 1 aliphatic rings. The van der Waals surface area contributed by atoms with Gasteiger partial charge < -0.3 is 15.4 Å². The first kappa shape index (κ1) is 13.9. The Morgan fingerprint density at radius 3 is 2.67 bits per heavy atom. The summed E-state index contributed by atoms with van der Waals surface area (Å²) in [6, 6.07) is 10.5. The topological polar surface area (TPSA) is 67.2 Å². The van der Waals surface area contributed by atoms with E-state index >= 15 is 0 Å². The van der Waals surface area contributed by atoms with Crippen LogP contribution in [0.3, 0.4) is 0 Å². The number of nitrogens with one attached hydrogen (secondary N) is 1. The normalized spacial score (nSPS) is 16.2. The van der Waals surface area contributed by atoms with Gasteiger partial charge in [-0.2, -0.15) is 5.10 Å². The summed E-state index contributed by atoms with van der Waals surface area (Å²) in [6.07, 6.45) is 2.07. The predicted octanol–water partition coefficient (Wildman–Crippen LogP) is 2.40. The van der Waals surface area contributed by atoms with Crippen molar-refractivity contribution in [3.8, 4) is 17.0 Å². The molecule has 3 rings (SSSR count). The lowest BCUT2D eigenvalue weighted by Gasteiger charge is -2.29. The molecular weight excluding hydrogens is 264 g/mol. The highest BCUT2D eigenvalue weighted by Gasteiger charge is 2.18. The van der Waals surface area contributed by atoms with Gasteiger partial charge in [-0.15, -0.1) is 0 Å². The van der Waals surface area contributed by atoms with E-state index in [1.807, 2.05) is 19.1 Å². The molecule has 0 unspecified atom stereocenters. The van der Waals surface area contributed by atoms with Crippen LogP contribution in [-0.4, -0.2) is 35.9 Å². The van der Waals surface area contributed by atoms with Crippen molar-refractivity contribution in [2.45, 2.75) is 25.8 Å². The van der Waals surface area contributed by atoms with Gasteiger partial charge >= 0.3 is 0 Å². The lowest BCUT2D eigenvalue weighted by molar-refractivity contribution is 0.340. The highest BCUT2D eigenvalue weighted by molar-refractivity contribution is 5.64. The van der Waals surface area contributed by atoms with Crippen LogP contribution in [0, 0.1) is 0 Å². The van der Waals surface area contributed by atoms with Crippen molar-refractivity contribution in [3.63, 3.8) is 0 Å². The zero-order chi connectivity index (χ0) is 14.7. The van der Waals surface area contributed by atoms with Gasteiger partial charge in [0.25, 0.3) is 0 Å². The second-order valence-corrected chi connectivity index (χ2v) is 5.42. The van der Waals surface area contributed by atoms with E-state index in [2.05, 4.69) is 33.3 Å². The SMILES string of the molecule is CCOc1ccc(-c2cc(N3CCC(N)CC3)n[nH]2)cc1. The maximum atomic E-state index is 5.94. The summed E-state index contributed by atoms with van der Waals surface area (Å²) in [5, 5.41) is 7.55. The van der Waals surface area contributed by atoms with Gasteiger partial charge in [-0.1, -0.05) is 0 Å². The van der Waals surface area contributed by atoms with Crippen molar-refractivity contribution in [2.24, 2.45) is 5.73 Å². The Morgan fingerprint density at radius 1 is 1.29 bits per heavy atom. The minimum atomic E-state index is 0.339. The second-order valence-electron chi connectivity index (χ2n) is 5.42. The first-order chi connectivity index (χ1) is 10.3. The van der Waals surface area contributed by atoms with Gasteiger partial charge in [0.1, 0.15) is 5.75 Å². The molecule has 0 saturated carbocycles. The molecule has 1 aromatic heterocycles. The molecule has 21 heavy (non-hydrogen) atoms. The monoisotopic (exact) mass is 286 g/mol. The van der Waals surface area contributed by atoms with Gasteiger partial charge in [-0.05, 0) is 49.6 Å². The third-order valence-corrected chi connectivity index (χ3v) is 3.90. The Hall–Kier alpha value is -2.01. The largest absolute Gasteiger partial charge is 0.494 e. The molecule has 0 radical (unpaired) electrons. The van der Waals surface area contributed by atoms with Gasteiger partial charge in [-0.3, -0.25) is 5.10 Å². The summed E-state index contributed by atoms with van der Waals surface area (Å²) in [6.45, 7) is 4.63. The Kier molecular flexibility index (Phi) is 4.10. The molecule has 112 valence electrons. The minimum absolute atomic E-state index is 0.339. The molecule has 0 amide bonds. The standard InChI is InChI=1S/C16H22N4O/c1-2-21-14-5-3-12(4-6-14)15-11-16(19-18-15)20-9-7-13(17)8-10-20/h3-6,11,13H,2,7-10,17H2,1H3,(H,18,19). The summed E-state index contributed by atoms with van der Waals surface area (Å²) >= 11 is 0. The minimum Gasteiger partial charge on any atom is -0.494 e. The maximum absolute atomic E-state index is 5.94. The highest BCUT2D eigenvalue weighted by Crippen LogP contribution is 2.25. The van der Waals surface area contributed by atoms with Gasteiger partial charge in [0.05, 0.1) is 12.3 Å². The van der Waals surface area contributed by atoms with E-state index in [1.165, 1.54) is 0 Å². The van der Waals surface area contributed by atoms with Gasteiger partial charge in [0.15, 0.2) is 5.82 Å². The predicted molar refractivity (Wildman–Crippen MR) is 84.6 cm³/mol. The molecule has 0 bridgehead atoms. The van der Waals surface area contributed by atoms with Crippen LogP contribution in [0.25, 0.3) is 11.3 Å². The third-order valence-electron chi connectivity index (χ3n) is 3.90. The molecule has 1 aliphatic heterocycles. The molecule has 5 heteroatoms. The van der Waals surface area contributed by atoms with Crippen LogP contribution in [0.1, 0.15) is 19.8 Å². The summed E-state index contributed by atoms with van der Waals surface area (Å²) in [4.78, 5) is 2.29. The van der Waals surface area contributed by atoms with E-state index in [1.54, 1.807) is 0 Å². The van der Waals surface area contributed by atoms with Crippen molar-refractivity contribution >= 4 is 5.82 Å². The summed E-state index contributed by atoms with van der Waals surface area (Å²) < 4.78 is 5.46. The number of benzene rings is 1. The fourth-order valence-corrected chi connectivity index (χ4v) is 2.65. The van der Waals surface area contributed by atoms with E-state index in [0.29, 0.717) is 12.6 Å². The highest BCUT2D eigenvalue weighted by atomic mass is 16.5. The molecule has 3 N–H and O–H groups in total. The summed E-state index contributed by atoms with van der Waals surface area (Å²) in [5.41, 5.74) is 8.09. The van der Waals surface area contributed by atoms with Gasteiger partial charge in [0, 0.05) is 25.2 Å². The molecule has 5 nitrogen and oxygen atoms in total. The molecular formula is C16H22N4O. The fraction of sp³-hybridized carbons (Fsp3) is 0.438. The lowest BCUT2D eigenvalue weighted by Crippen LogP contribution is -2.39. The molecule has 1 saturated heterocycles. The number of piperidine rings is 1. The first-order valence-corrected chi connectivity index (χ1v) is 7.55.